The van der Waals surface area contributed by atoms with E-state index in [-0.39, 0.29) is 24.2 Å². The Morgan fingerprint density at radius 1 is 0.900 bits per heavy atom. The largest absolute Gasteiger partial charge is 0.458 e. The molecule has 1 saturated carbocycles. The van der Waals surface area contributed by atoms with Gasteiger partial charge in [0, 0.05) is 16.9 Å². The van der Waals surface area contributed by atoms with Crippen LogP contribution in [0.25, 0.3) is 0 Å². The molecule has 1 atom stereocenters. The van der Waals surface area contributed by atoms with E-state index < -0.39 is 11.5 Å². The number of ether oxygens (including phenoxy) is 1. The van der Waals surface area contributed by atoms with E-state index in [0.29, 0.717) is 11.3 Å². The van der Waals surface area contributed by atoms with Gasteiger partial charge in [-0.05, 0) is 69.0 Å². The van der Waals surface area contributed by atoms with Gasteiger partial charge in [0.1, 0.15) is 5.60 Å². The molecule has 0 bridgehead atoms. The summed E-state index contributed by atoms with van der Waals surface area (Å²) in [6.07, 6.45) is 4.68. The summed E-state index contributed by atoms with van der Waals surface area (Å²) in [7, 11) is 0. The first-order valence-corrected chi connectivity index (χ1v) is 10.5. The highest BCUT2D eigenvalue weighted by atomic mass is 16.6. The third-order valence-corrected chi connectivity index (χ3v) is 6.06. The van der Waals surface area contributed by atoms with Crippen molar-refractivity contribution in [3.8, 4) is 0 Å². The standard InChI is InChI=1S/C24H26N2O4/c1-16-5-9-18(10-6-16)25-22(28)17-7-11-19(12-8-17)26-23(29)20-15-21(27)30-24(20)13-3-2-4-14-24/h5-12,20H,2-4,13-15H2,1H3,(H,25,28)(H,26,29)/t20-/m0/s1. The summed E-state index contributed by atoms with van der Waals surface area (Å²) in [5.41, 5.74) is 2.30. The number of hydrogen-bond donors (Lipinski definition) is 2. The first kappa shape index (κ1) is 20.1. The van der Waals surface area contributed by atoms with Gasteiger partial charge in [-0.1, -0.05) is 24.1 Å². The summed E-state index contributed by atoms with van der Waals surface area (Å²) < 4.78 is 5.62. The minimum Gasteiger partial charge on any atom is -0.458 e. The second kappa shape index (κ2) is 8.30. The average molecular weight is 406 g/mol. The first-order valence-electron chi connectivity index (χ1n) is 10.5. The molecule has 6 nitrogen and oxygen atoms in total. The quantitative estimate of drug-likeness (QED) is 0.735. The molecule has 1 aliphatic carbocycles. The minimum atomic E-state index is -0.646. The van der Waals surface area contributed by atoms with Crippen LogP contribution in [0.15, 0.2) is 48.5 Å². The van der Waals surface area contributed by atoms with Gasteiger partial charge >= 0.3 is 5.97 Å². The molecule has 2 aromatic carbocycles. The smallest absolute Gasteiger partial charge is 0.307 e. The van der Waals surface area contributed by atoms with Gasteiger partial charge < -0.3 is 15.4 Å². The Hall–Kier alpha value is -3.15. The van der Waals surface area contributed by atoms with Crippen LogP contribution in [0, 0.1) is 12.8 Å². The fourth-order valence-electron chi connectivity index (χ4n) is 4.40. The number of carbonyl (C=O) groups excluding carboxylic acids is 3. The van der Waals surface area contributed by atoms with E-state index in [2.05, 4.69) is 10.6 Å². The number of nitrogens with one attached hydrogen (secondary N) is 2. The molecule has 156 valence electrons. The van der Waals surface area contributed by atoms with Gasteiger partial charge in [0.05, 0.1) is 12.3 Å². The van der Waals surface area contributed by atoms with E-state index in [0.717, 1.165) is 43.4 Å². The number of carbonyl (C=O) groups is 3. The minimum absolute atomic E-state index is 0.128. The average Bonchev–Trinajstić information content (AvgIpc) is 3.06. The predicted molar refractivity (Wildman–Crippen MR) is 114 cm³/mol. The van der Waals surface area contributed by atoms with Crippen LogP contribution in [-0.4, -0.2) is 23.4 Å². The maximum atomic E-state index is 12.9. The zero-order valence-corrected chi connectivity index (χ0v) is 17.1. The Morgan fingerprint density at radius 2 is 1.50 bits per heavy atom. The van der Waals surface area contributed by atoms with Crippen LogP contribution in [0.2, 0.25) is 0 Å². The summed E-state index contributed by atoms with van der Waals surface area (Å²) in [4.78, 5) is 37.3. The molecule has 4 rings (SSSR count). The Bertz CT molecular complexity index is 944. The van der Waals surface area contributed by atoms with Crippen molar-refractivity contribution in [1.29, 1.82) is 0 Å². The highest BCUT2D eigenvalue weighted by Crippen LogP contribution is 2.44. The molecule has 0 aromatic heterocycles. The van der Waals surface area contributed by atoms with Crippen molar-refractivity contribution in [2.75, 3.05) is 10.6 Å². The summed E-state index contributed by atoms with van der Waals surface area (Å²) in [5, 5.41) is 5.75. The Balaban J connectivity index is 1.40. The molecular weight excluding hydrogens is 380 g/mol. The molecule has 1 saturated heterocycles. The summed E-state index contributed by atoms with van der Waals surface area (Å²) in [6.45, 7) is 1.99. The fraction of sp³-hybridized carbons (Fsp3) is 0.375. The lowest BCUT2D eigenvalue weighted by Gasteiger charge is -2.36. The number of aryl methyl sites for hydroxylation is 1. The van der Waals surface area contributed by atoms with Crippen LogP contribution in [-0.2, 0) is 14.3 Å². The first-order chi connectivity index (χ1) is 14.4. The maximum Gasteiger partial charge on any atom is 0.307 e. The van der Waals surface area contributed by atoms with Crippen LogP contribution in [0.4, 0.5) is 11.4 Å². The second-order valence-electron chi connectivity index (χ2n) is 8.24. The summed E-state index contributed by atoms with van der Waals surface area (Å²) in [5.74, 6) is -1.16. The van der Waals surface area contributed by atoms with E-state index in [1.165, 1.54) is 0 Å². The van der Waals surface area contributed by atoms with Crippen molar-refractivity contribution in [3.05, 3.63) is 59.7 Å². The number of benzene rings is 2. The third-order valence-electron chi connectivity index (χ3n) is 6.06. The van der Waals surface area contributed by atoms with E-state index in [1.54, 1.807) is 24.3 Å². The Morgan fingerprint density at radius 3 is 2.17 bits per heavy atom. The molecule has 2 aliphatic rings. The summed E-state index contributed by atoms with van der Waals surface area (Å²) in [6, 6.07) is 14.3. The fourth-order valence-corrected chi connectivity index (χ4v) is 4.40. The van der Waals surface area contributed by atoms with Crippen molar-refractivity contribution in [2.24, 2.45) is 5.92 Å². The topological polar surface area (TPSA) is 84.5 Å². The molecule has 1 spiro atoms. The molecule has 30 heavy (non-hydrogen) atoms. The van der Waals surface area contributed by atoms with Crippen molar-refractivity contribution < 1.29 is 19.1 Å². The van der Waals surface area contributed by atoms with Gasteiger partial charge in [-0.25, -0.2) is 0 Å². The molecule has 2 N–H and O–H groups in total. The van der Waals surface area contributed by atoms with Crippen molar-refractivity contribution >= 4 is 29.2 Å². The number of rotatable bonds is 4. The highest BCUT2D eigenvalue weighted by Gasteiger charge is 2.52. The molecule has 2 fully saturated rings. The number of hydrogen-bond acceptors (Lipinski definition) is 4. The normalized spacial score (nSPS) is 19.9. The van der Waals surface area contributed by atoms with Crippen LogP contribution >= 0.6 is 0 Å². The number of esters is 1. The van der Waals surface area contributed by atoms with E-state index >= 15 is 0 Å². The lowest BCUT2D eigenvalue weighted by Crippen LogP contribution is -2.43. The molecule has 2 amide bonds. The van der Waals surface area contributed by atoms with Gasteiger partial charge in [-0.15, -0.1) is 0 Å². The zero-order chi connectivity index (χ0) is 21.1. The van der Waals surface area contributed by atoms with Gasteiger partial charge in [0.25, 0.3) is 5.91 Å². The number of amides is 2. The maximum absolute atomic E-state index is 12.9. The lowest BCUT2D eigenvalue weighted by molar-refractivity contribution is -0.153. The Kier molecular flexibility index (Phi) is 5.57. The molecule has 0 unspecified atom stereocenters. The van der Waals surface area contributed by atoms with Gasteiger partial charge in [0.2, 0.25) is 5.91 Å². The molecular formula is C24H26N2O4. The summed E-state index contributed by atoms with van der Waals surface area (Å²) >= 11 is 0. The van der Waals surface area contributed by atoms with Crippen LogP contribution < -0.4 is 10.6 Å². The van der Waals surface area contributed by atoms with Crippen molar-refractivity contribution in [3.63, 3.8) is 0 Å². The SMILES string of the molecule is Cc1ccc(NC(=O)c2ccc(NC(=O)[C@@H]3CC(=O)OC34CCCCC4)cc2)cc1. The molecule has 0 radical (unpaired) electrons. The monoisotopic (exact) mass is 406 g/mol. The third kappa shape index (κ3) is 4.22. The van der Waals surface area contributed by atoms with Crippen molar-refractivity contribution in [1.82, 2.24) is 0 Å². The Labute approximate surface area is 176 Å². The van der Waals surface area contributed by atoms with Gasteiger partial charge in [-0.3, -0.25) is 14.4 Å². The predicted octanol–water partition coefficient (Wildman–Crippen LogP) is 4.45. The van der Waals surface area contributed by atoms with E-state index in [9.17, 15) is 14.4 Å². The lowest BCUT2D eigenvalue weighted by atomic mass is 9.75. The molecule has 2 aromatic rings. The van der Waals surface area contributed by atoms with Gasteiger partial charge in [0.15, 0.2) is 0 Å². The second-order valence-corrected chi connectivity index (χ2v) is 8.24. The van der Waals surface area contributed by atoms with Gasteiger partial charge in [-0.2, -0.15) is 0 Å². The van der Waals surface area contributed by atoms with Crippen LogP contribution in [0.1, 0.15) is 54.4 Å². The molecule has 1 heterocycles. The van der Waals surface area contributed by atoms with Crippen molar-refractivity contribution in [2.45, 2.75) is 51.0 Å². The van der Waals surface area contributed by atoms with Crippen LogP contribution in [0.5, 0.6) is 0 Å². The number of anilines is 2. The van der Waals surface area contributed by atoms with E-state index in [4.69, 9.17) is 4.74 Å². The highest BCUT2D eigenvalue weighted by molar-refractivity contribution is 6.04. The molecule has 6 heteroatoms. The van der Waals surface area contributed by atoms with Crippen LogP contribution in [0.3, 0.4) is 0 Å². The zero-order valence-electron chi connectivity index (χ0n) is 17.1. The molecule has 1 aliphatic heterocycles. The van der Waals surface area contributed by atoms with E-state index in [1.807, 2.05) is 31.2 Å².